The van der Waals surface area contributed by atoms with Crippen molar-refractivity contribution in [3.8, 4) is 6.07 Å². The van der Waals surface area contributed by atoms with Crippen molar-refractivity contribution in [1.29, 1.82) is 5.26 Å². The molecule has 256 valence electrons. The zero-order valence-electron chi connectivity index (χ0n) is 26.8. The number of carbonyl (C=O) groups is 4. The third-order valence-electron chi connectivity index (χ3n) is 7.77. The largest absolute Gasteiger partial charge is 0.468 e. The highest BCUT2D eigenvalue weighted by atomic mass is 31.2. The topological polar surface area (TPSA) is 245 Å². The Labute approximate surface area is 270 Å². The van der Waals surface area contributed by atoms with E-state index in [2.05, 4.69) is 20.3 Å². The van der Waals surface area contributed by atoms with Crippen LogP contribution in [0.4, 0.5) is 5.82 Å². The third-order valence-corrected chi connectivity index (χ3v) is 9.74. The molecule has 3 heterocycles. The lowest BCUT2D eigenvalue weighted by molar-refractivity contribution is -0.177. The maximum atomic E-state index is 14.4. The van der Waals surface area contributed by atoms with Gasteiger partial charge in [0.15, 0.2) is 18.0 Å². The molecule has 1 unspecified atom stereocenters. The van der Waals surface area contributed by atoms with Gasteiger partial charge in [0.2, 0.25) is 11.2 Å². The summed E-state index contributed by atoms with van der Waals surface area (Å²) in [5.41, 5.74) is 2.29. The number of hydrogen-bond acceptors (Lipinski definition) is 15. The Hall–Kier alpha value is -4.14. The molecule has 0 spiro atoms. The minimum absolute atomic E-state index is 0.0355. The molecule has 47 heavy (non-hydrogen) atoms. The molecule has 2 fully saturated rings. The van der Waals surface area contributed by atoms with Crippen molar-refractivity contribution in [2.24, 2.45) is 0 Å². The molecule has 1 aliphatic heterocycles. The molecule has 19 heteroatoms. The van der Waals surface area contributed by atoms with Crippen molar-refractivity contribution < 1.29 is 52.0 Å². The van der Waals surface area contributed by atoms with Crippen LogP contribution in [0, 0.1) is 11.3 Å². The molecule has 0 radical (unpaired) electrons. The highest BCUT2D eigenvalue weighted by molar-refractivity contribution is 7.54. The summed E-state index contributed by atoms with van der Waals surface area (Å²) >= 11 is 0. The van der Waals surface area contributed by atoms with Crippen LogP contribution in [0.3, 0.4) is 0 Å². The molecule has 2 aliphatic rings. The Balaban J connectivity index is 1.86. The number of anilines is 1. The van der Waals surface area contributed by atoms with Crippen LogP contribution >= 0.6 is 7.67 Å². The lowest BCUT2D eigenvalue weighted by atomic mass is 10.0. The first-order valence-corrected chi connectivity index (χ1v) is 16.5. The highest BCUT2D eigenvalue weighted by Crippen LogP contribution is 2.70. The van der Waals surface area contributed by atoms with Crippen molar-refractivity contribution in [3.63, 3.8) is 0 Å². The van der Waals surface area contributed by atoms with E-state index in [9.17, 15) is 29.0 Å². The van der Waals surface area contributed by atoms with Crippen LogP contribution < -0.4 is 15.9 Å². The molecule has 2 aromatic heterocycles. The van der Waals surface area contributed by atoms with Gasteiger partial charge >= 0.3 is 31.5 Å². The Bertz CT molecular complexity index is 1600. The van der Waals surface area contributed by atoms with Crippen molar-refractivity contribution in [2.45, 2.75) is 95.0 Å². The number of nitriles is 1. The average molecular weight is 680 g/mol. The summed E-state index contributed by atoms with van der Waals surface area (Å²) in [6, 6.07) is 2.64. The summed E-state index contributed by atoms with van der Waals surface area (Å²) in [7, 11) is -2.35. The molecule has 7 atom stereocenters. The second-order valence-electron chi connectivity index (χ2n) is 11.0. The Kier molecular flexibility index (Phi) is 10.6. The molecule has 0 amide bonds. The molecule has 0 aromatic carbocycles. The fourth-order valence-electron chi connectivity index (χ4n) is 5.54. The smallest absolute Gasteiger partial charge is 0.342 e. The van der Waals surface area contributed by atoms with Crippen LogP contribution in [0.15, 0.2) is 18.5 Å². The van der Waals surface area contributed by atoms with Gasteiger partial charge in [-0.1, -0.05) is 13.8 Å². The van der Waals surface area contributed by atoms with E-state index in [1.165, 1.54) is 24.7 Å². The number of nitrogens with two attached hydrogens (primary N) is 1. The van der Waals surface area contributed by atoms with Crippen LogP contribution in [0.1, 0.15) is 65.2 Å². The number of methoxy groups -OCH3 is 2. The molecule has 1 saturated carbocycles. The quantitative estimate of drug-likeness (QED) is 0.136. The van der Waals surface area contributed by atoms with Crippen molar-refractivity contribution in [1.82, 2.24) is 24.8 Å². The number of rotatable bonds is 15. The molecule has 1 aliphatic carbocycles. The molecule has 0 bridgehead atoms. The first-order valence-electron chi connectivity index (χ1n) is 14.9. The van der Waals surface area contributed by atoms with Gasteiger partial charge < -0.3 is 29.4 Å². The lowest BCUT2D eigenvalue weighted by Crippen LogP contribution is -2.45. The molecule has 18 nitrogen and oxygen atoms in total. The fourth-order valence-corrected chi connectivity index (χ4v) is 7.57. The van der Waals surface area contributed by atoms with E-state index in [0.717, 1.165) is 14.2 Å². The fraction of sp³-hybridized carbons (Fsp3) is 0.607. The standard InChI is InChI=1S/C28H38N7O11P/c1-7-9-19(36)43-22-21(17-11-12-18-23(30)31-14-32-35(17)18)45-27(13-29)26(28(22,27)44-20(37)10-8-2)46-47(40,33-15(3)24(38)41-5)34-16(4)25(39)42-6/h11-12,14-16,21-22,26H,7-10H2,1-6H3,(H2,30,31,32)(H2,33,34,40)/t15-,16-,21-,22-,26?,27+,28+/m0/s1. The summed E-state index contributed by atoms with van der Waals surface area (Å²) in [5, 5.41) is 19.9. The molecular formula is C28H38N7O11P. The average Bonchev–Trinajstić information content (AvgIpc) is 3.28. The van der Waals surface area contributed by atoms with E-state index in [-0.39, 0.29) is 24.4 Å². The summed E-state index contributed by atoms with van der Waals surface area (Å²) < 4.78 is 49.4. The van der Waals surface area contributed by atoms with Gasteiger partial charge in [0.1, 0.15) is 36.1 Å². The number of ether oxygens (including phenoxy) is 5. The number of nitrogen functional groups attached to an aromatic ring is 1. The van der Waals surface area contributed by atoms with Gasteiger partial charge in [-0.15, -0.1) is 0 Å². The predicted octanol–water partition coefficient (Wildman–Crippen LogP) is 1.25. The third kappa shape index (κ3) is 6.41. The van der Waals surface area contributed by atoms with E-state index in [0.29, 0.717) is 18.4 Å². The Morgan fingerprint density at radius 1 is 1.09 bits per heavy atom. The maximum absolute atomic E-state index is 14.4. The zero-order chi connectivity index (χ0) is 34.7. The van der Waals surface area contributed by atoms with Gasteiger partial charge in [0.25, 0.3) is 0 Å². The van der Waals surface area contributed by atoms with Crippen LogP contribution in [0.25, 0.3) is 5.52 Å². The normalized spacial score (nSPS) is 26.0. The number of hydrogen-bond donors (Lipinski definition) is 3. The number of aromatic nitrogens is 3. The summed E-state index contributed by atoms with van der Waals surface area (Å²) in [6.07, 6.45) is -2.66. The predicted molar refractivity (Wildman–Crippen MR) is 160 cm³/mol. The maximum Gasteiger partial charge on any atom is 0.342 e. The van der Waals surface area contributed by atoms with Crippen LogP contribution in [0.5, 0.6) is 0 Å². The number of carbonyl (C=O) groups excluding carboxylic acids is 4. The Morgan fingerprint density at radius 3 is 2.23 bits per heavy atom. The minimum Gasteiger partial charge on any atom is -0.468 e. The van der Waals surface area contributed by atoms with Crippen LogP contribution in [0.2, 0.25) is 0 Å². The second-order valence-corrected chi connectivity index (χ2v) is 12.9. The second kappa shape index (κ2) is 13.9. The van der Waals surface area contributed by atoms with E-state index < -0.39 is 73.1 Å². The van der Waals surface area contributed by atoms with Gasteiger partial charge in [-0.05, 0) is 38.8 Å². The van der Waals surface area contributed by atoms with Crippen LogP contribution in [-0.4, -0.2) is 88.2 Å². The SMILES string of the molecule is CCCC(=O)O[C@H]1[C@H](c2ccc3c(N)ncnn23)O[C@]2(C#N)C(OP(=O)(N[C@@H](C)C(=O)OC)N[C@@H](C)C(=O)OC)[C@]12OC(=O)CCC. The van der Waals surface area contributed by atoms with E-state index >= 15 is 0 Å². The van der Waals surface area contributed by atoms with E-state index in [4.69, 9.17) is 33.9 Å². The van der Waals surface area contributed by atoms with Crippen molar-refractivity contribution in [2.75, 3.05) is 20.0 Å². The monoisotopic (exact) mass is 679 g/mol. The van der Waals surface area contributed by atoms with E-state index in [1.54, 1.807) is 26.0 Å². The molecule has 4 N–H and O–H groups in total. The van der Waals surface area contributed by atoms with Crippen molar-refractivity contribution >= 4 is 42.9 Å². The summed E-state index contributed by atoms with van der Waals surface area (Å²) in [4.78, 5) is 54.8. The van der Waals surface area contributed by atoms with E-state index in [1.807, 2.05) is 6.07 Å². The van der Waals surface area contributed by atoms with Gasteiger partial charge in [-0.2, -0.15) is 10.4 Å². The van der Waals surface area contributed by atoms with Gasteiger partial charge in [-0.25, -0.2) is 19.7 Å². The first kappa shape index (κ1) is 35.7. The number of nitrogens with zero attached hydrogens (tertiary/aromatic N) is 4. The van der Waals surface area contributed by atoms with Crippen LogP contribution in [-0.2, 0) is 52.0 Å². The summed E-state index contributed by atoms with van der Waals surface area (Å²) in [5.74, 6) is -3.02. The molecule has 1 saturated heterocycles. The first-order chi connectivity index (χ1) is 22.3. The zero-order valence-corrected chi connectivity index (χ0v) is 27.6. The lowest BCUT2D eigenvalue weighted by Gasteiger charge is -2.31. The molecular weight excluding hydrogens is 641 g/mol. The Morgan fingerprint density at radius 2 is 1.68 bits per heavy atom. The highest BCUT2D eigenvalue weighted by Gasteiger charge is 2.95. The van der Waals surface area contributed by atoms with Gasteiger partial charge in [-0.3, -0.25) is 28.3 Å². The van der Waals surface area contributed by atoms with Crippen molar-refractivity contribution in [3.05, 3.63) is 24.2 Å². The number of esters is 4. The molecule has 2 aromatic rings. The van der Waals surface area contributed by atoms with Gasteiger partial charge in [0, 0.05) is 12.8 Å². The minimum atomic E-state index is -4.58. The number of nitrogens with one attached hydrogen (secondary N) is 2. The van der Waals surface area contributed by atoms with Gasteiger partial charge in [0.05, 0.1) is 19.9 Å². The molecule has 4 rings (SSSR count). The summed E-state index contributed by atoms with van der Waals surface area (Å²) in [6.45, 7) is 6.13. The number of fused-ring (bicyclic) bond motifs is 2.